The summed E-state index contributed by atoms with van der Waals surface area (Å²) in [5.74, 6) is 0. The summed E-state index contributed by atoms with van der Waals surface area (Å²) in [5, 5.41) is 0. The molecule has 0 radical (unpaired) electrons. The average Bonchev–Trinajstić information content (AvgIpc) is 1.64. The molecule has 0 saturated heterocycles. The molecular weight excluding hydrogens is 192 g/mol. The highest BCUT2D eigenvalue weighted by atomic mass is 79.9. The van der Waals surface area contributed by atoms with Gasteiger partial charge in [0, 0.05) is 0 Å². The summed E-state index contributed by atoms with van der Waals surface area (Å²) in [6.07, 6.45) is 2.68. The highest BCUT2D eigenvalue weighted by molar-refractivity contribution is 9.26. The second kappa shape index (κ2) is 4.50. The Morgan fingerprint density at radius 2 is 1.44 bits per heavy atom. The zero-order chi connectivity index (χ0) is 7.33. The summed E-state index contributed by atoms with van der Waals surface area (Å²) in [7, 11) is 0. The van der Waals surface area contributed by atoms with Crippen molar-refractivity contribution in [1.82, 2.24) is 0 Å². The SMILES string of the molecule is CCC[Si](C)(Br)CCC. The van der Waals surface area contributed by atoms with Crippen LogP contribution >= 0.6 is 15.3 Å². The van der Waals surface area contributed by atoms with E-state index in [1.807, 2.05) is 0 Å². The predicted molar refractivity (Wildman–Crippen MR) is 50.7 cm³/mol. The Morgan fingerprint density at radius 1 is 1.11 bits per heavy atom. The summed E-state index contributed by atoms with van der Waals surface area (Å²) in [4.78, 5) is 0. The Labute approximate surface area is 67.6 Å². The molecule has 0 saturated carbocycles. The molecule has 0 heterocycles. The summed E-state index contributed by atoms with van der Waals surface area (Å²) in [6.45, 7) is 6.06. The lowest BCUT2D eigenvalue weighted by Gasteiger charge is -2.16. The first-order chi connectivity index (χ1) is 4.12. The van der Waals surface area contributed by atoms with Gasteiger partial charge in [-0.2, -0.15) is 0 Å². The van der Waals surface area contributed by atoms with E-state index in [2.05, 4.69) is 35.7 Å². The van der Waals surface area contributed by atoms with Gasteiger partial charge in [0.2, 0.25) is 0 Å². The van der Waals surface area contributed by atoms with Crippen molar-refractivity contribution in [3.8, 4) is 0 Å². The third-order valence-corrected chi connectivity index (χ3v) is 7.01. The first-order valence-corrected chi connectivity index (χ1v) is 8.98. The van der Waals surface area contributed by atoms with Gasteiger partial charge in [-0.05, 0) is 12.1 Å². The molecule has 0 bridgehead atoms. The Kier molecular flexibility index (Phi) is 4.85. The molecule has 0 nitrogen and oxygen atoms in total. The van der Waals surface area contributed by atoms with Gasteiger partial charge < -0.3 is 0 Å². The molecule has 0 aliphatic heterocycles. The van der Waals surface area contributed by atoms with Crippen LogP contribution in [0.4, 0.5) is 0 Å². The highest BCUT2D eigenvalue weighted by Gasteiger charge is 2.19. The molecule has 0 fully saturated rings. The average molecular weight is 209 g/mol. The molecule has 0 amide bonds. The van der Waals surface area contributed by atoms with Crippen LogP contribution in [0.5, 0.6) is 0 Å². The fourth-order valence-corrected chi connectivity index (χ4v) is 5.88. The second-order valence-corrected chi connectivity index (χ2v) is 12.5. The molecular formula is C7H17BrSi. The molecule has 0 spiro atoms. The smallest absolute Gasteiger partial charge is 0.126 e. The Balaban J connectivity index is 3.43. The van der Waals surface area contributed by atoms with E-state index in [9.17, 15) is 0 Å². The van der Waals surface area contributed by atoms with E-state index in [4.69, 9.17) is 0 Å². The molecule has 2 heteroatoms. The summed E-state index contributed by atoms with van der Waals surface area (Å²) in [5.41, 5.74) is 0. The van der Waals surface area contributed by atoms with E-state index >= 15 is 0 Å². The maximum Gasteiger partial charge on any atom is 0.127 e. The van der Waals surface area contributed by atoms with Crippen molar-refractivity contribution in [1.29, 1.82) is 0 Å². The highest BCUT2D eigenvalue weighted by Crippen LogP contribution is 2.25. The van der Waals surface area contributed by atoms with Crippen LogP contribution in [0.25, 0.3) is 0 Å². The van der Waals surface area contributed by atoms with Crippen LogP contribution in [0.15, 0.2) is 0 Å². The van der Waals surface area contributed by atoms with E-state index in [0.29, 0.717) is 0 Å². The van der Waals surface area contributed by atoms with Gasteiger partial charge in [-0.15, -0.1) is 15.3 Å². The van der Waals surface area contributed by atoms with Gasteiger partial charge in [-0.1, -0.05) is 33.2 Å². The molecule has 0 rings (SSSR count). The molecule has 0 aliphatic rings. The standard InChI is InChI=1S/C7H17BrSi/c1-4-6-9(3,8)7-5-2/h4-7H2,1-3H3. The van der Waals surface area contributed by atoms with Crippen molar-refractivity contribution in [2.45, 2.75) is 45.3 Å². The van der Waals surface area contributed by atoms with Crippen molar-refractivity contribution < 1.29 is 0 Å². The van der Waals surface area contributed by atoms with Crippen LogP contribution in [-0.4, -0.2) is 6.69 Å². The van der Waals surface area contributed by atoms with Crippen molar-refractivity contribution in [3.63, 3.8) is 0 Å². The van der Waals surface area contributed by atoms with Crippen LogP contribution in [0, 0.1) is 0 Å². The first-order valence-electron chi connectivity index (χ1n) is 3.81. The van der Waals surface area contributed by atoms with Crippen LogP contribution < -0.4 is 0 Å². The van der Waals surface area contributed by atoms with Crippen molar-refractivity contribution in [2.24, 2.45) is 0 Å². The van der Waals surface area contributed by atoms with Crippen molar-refractivity contribution >= 4 is 22.0 Å². The lowest BCUT2D eigenvalue weighted by atomic mass is 10.6. The van der Waals surface area contributed by atoms with Crippen molar-refractivity contribution in [3.05, 3.63) is 0 Å². The number of hydrogen-bond acceptors (Lipinski definition) is 0. The van der Waals surface area contributed by atoms with Gasteiger partial charge in [-0.25, -0.2) is 0 Å². The minimum Gasteiger partial charge on any atom is -0.126 e. The minimum atomic E-state index is -0.891. The topological polar surface area (TPSA) is 0 Å². The zero-order valence-electron chi connectivity index (χ0n) is 6.71. The third kappa shape index (κ3) is 5.16. The fourth-order valence-electron chi connectivity index (χ4n) is 1.17. The summed E-state index contributed by atoms with van der Waals surface area (Å²) >= 11 is 3.84. The van der Waals surface area contributed by atoms with Crippen LogP contribution in [0.1, 0.15) is 26.7 Å². The van der Waals surface area contributed by atoms with E-state index in [1.165, 1.54) is 24.9 Å². The molecule has 0 unspecified atom stereocenters. The maximum absolute atomic E-state index is 3.84. The monoisotopic (exact) mass is 208 g/mol. The van der Waals surface area contributed by atoms with E-state index < -0.39 is 6.69 Å². The number of halogens is 1. The lowest BCUT2D eigenvalue weighted by Crippen LogP contribution is -2.19. The van der Waals surface area contributed by atoms with Gasteiger partial charge in [-0.3, -0.25) is 0 Å². The molecule has 9 heavy (non-hydrogen) atoms. The van der Waals surface area contributed by atoms with Gasteiger partial charge in [0.1, 0.15) is 6.69 Å². The first kappa shape index (κ1) is 9.70. The van der Waals surface area contributed by atoms with Crippen LogP contribution in [0.2, 0.25) is 18.6 Å². The zero-order valence-corrected chi connectivity index (χ0v) is 9.29. The summed E-state index contributed by atoms with van der Waals surface area (Å²) < 4.78 is 0. The largest absolute Gasteiger partial charge is 0.127 e. The molecule has 0 atom stereocenters. The van der Waals surface area contributed by atoms with Crippen LogP contribution in [0.3, 0.4) is 0 Å². The predicted octanol–water partition coefficient (Wildman–Crippen LogP) is 3.78. The molecule has 0 aromatic heterocycles. The van der Waals surface area contributed by atoms with E-state index in [-0.39, 0.29) is 0 Å². The number of rotatable bonds is 4. The Bertz CT molecular complexity index is 63.3. The fraction of sp³-hybridized carbons (Fsp3) is 1.00. The van der Waals surface area contributed by atoms with E-state index in [1.54, 1.807) is 0 Å². The quantitative estimate of drug-likeness (QED) is 0.488. The van der Waals surface area contributed by atoms with Crippen molar-refractivity contribution in [2.75, 3.05) is 0 Å². The molecule has 0 aromatic rings. The summed E-state index contributed by atoms with van der Waals surface area (Å²) in [6, 6.07) is 2.86. The van der Waals surface area contributed by atoms with Gasteiger partial charge in [0.25, 0.3) is 0 Å². The maximum atomic E-state index is 3.84. The Hall–Kier alpha value is 0.697. The second-order valence-electron chi connectivity index (χ2n) is 2.91. The molecule has 0 aromatic carbocycles. The van der Waals surface area contributed by atoms with Crippen LogP contribution in [-0.2, 0) is 0 Å². The third-order valence-electron chi connectivity index (χ3n) is 1.54. The minimum absolute atomic E-state index is 0.891. The van der Waals surface area contributed by atoms with Gasteiger partial charge >= 0.3 is 0 Å². The Morgan fingerprint density at radius 3 is 1.67 bits per heavy atom. The molecule has 0 N–H and O–H groups in total. The number of hydrogen-bond donors (Lipinski definition) is 0. The molecule has 56 valence electrons. The van der Waals surface area contributed by atoms with Gasteiger partial charge in [0.15, 0.2) is 0 Å². The van der Waals surface area contributed by atoms with E-state index in [0.717, 1.165) is 0 Å². The lowest BCUT2D eigenvalue weighted by molar-refractivity contribution is 1.00. The normalized spacial score (nSPS) is 12.0. The molecule has 0 aliphatic carbocycles. The van der Waals surface area contributed by atoms with Gasteiger partial charge in [0.05, 0.1) is 0 Å².